The summed E-state index contributed by atoms with van der Waals surface area (Å²) < 4.78 is 10.4. The highest BCUT2D eigenvalue weighted by Crippen LogP contribution is 2.25. The van der Waals surface area contributed by atoms with Crippen LogP contribution in [-0.2, 0) is 0 Å². The number of hydrogen-bond donors (Lipinski definition) is 0. The molecule has 0 saturated carbocycles. The van der Waals surface area contributed by atoms with E-state index in [2.05, 4.69) is 16.2 Å². The van der Waals surface area contributed by atoms with Crippen LogP contribution in [0.2, 0.25) is 0 Å². The molecule has 3 aromatic rings. The van der Waals surface area contributed by atoms with E-state index in [1.165, 1.54) is 0 Å². The maximum absolute atomic E-state index is 8.92. The molecule has 3 rings (SSSR count). The van der Waals surface area contributed by atoms with Crippen molar-refractivity contribution in [3.05, 3.63) is 54.1 Å². The maximum atomic E-state index is 8.92. The average molecular weight is 277 g/mol. The van der Waals surface area contributed by atoms with E-state index in [-0.39, 0.29) is 0 Å². The standard InChI is InChI=1S/C16H11N3O2/c1-20-14-7-3-5-12(9-14)15-18-16(21-19-15)13-6-2-4-11(8-13)10-17/h2-9H,1H3. The van der Waals surface area contributed by atoms with E-state index in [1.54, 1.807) is 25.3 Å². The fourth-order valence-corrected chi connectivity index (χ4v) is 1.94. The van der Waals surface area contributed by atoms with Crippen molar-refractivity contribution >= 4 is 0 Å². The molecule has 0 N–H and O–H groups in total. The van der Waals surface area contributed by atoms with E-state index in [0.29, 0.717) is 17.3 Å². The van der Waals surface area contributed by atoms with Crippen molar-refractivity contribution in [2.45, 2.75) is 0 Å². The summed E-state index contributed by atoms with van der Waals surface area (Å²) >= 11 is 0. The molecule has 2 aromatic carbocycles. The van der Waals surface area contributed by atoms with Crippen molar-refractivity contribution < 1.29 is 9.26 Å². The zero-order valence-corrected chi connectivity index (χ0v) is 11.3. The zero-order valence-electron chi connectivity index (χ0n) is 11.3. The van der Waals surface area contributed by atoms with Crippen LogP contribution in [0, 0.1) is 11.3 Å². The fraction of sp³-hybridized carbons (Fsp3) is 0.0625. The number of nitriles is 1. The minimum atomic E-state index is 0.380. The lowest BCUT2D eigenvalue weighted by Crippen LogP contribution is -1.85. The van der Waals surface area contributed by atoms with Gasteiger partial charge in [0.1, 0.15) is 5.75 Å². The third kappa shape index (κ3) is 2.60. The van der Waals surface area contributed by atoms with Crippen molar-refractivity contribution in [2.24, 2.45) is 0 Å². The van der Waals surface area contributed by atoms with E-state index in [9.17, 15) is 0 Å². The Morgan fingerprint density at radius 2 is 1.90 bits per heavy atom. The van der Waals surface area contributed by atoms with Crippen LogP contribution < -0.4 is 4.74 Å². The van der Waals surface area contributed by atoms with Gasteiger partial charge in [0.15, 0.2) is 0 Å². The first-order valence-corrected chi connectivity index (χ1v) is 6.29. The number of hydrogen-bond acceptors (Lipinski definition) is 5. The lowest BCUT2D eigenvalue weighted by molar-refractivity contribution is 0.414. The number of ether oxygens (including phenoxy) is 1. The fourth-order valence-electron chi connectivity index (χ4n) is 1.94. The van der Waals surface area contributed by atoms with Crippen LogP contribution >= 0.6 is 0 Å². The summed E-state index contributed by atoms with van der Waals surface area (Å²) in [4.78, 5) is 4.36. The van der Waals surface area contributed by atoms with E-state index >= 15 is 0 Å². The number of nitrogens with zero attached hydrogens (tertiary/aromatic N) is 3. The molecule has 0 atom stereocenters. The summed E-state index contributed by atoms with van der Waals surface area (Å²) in [7, 11) is 1.61. The highest BCUT2D eigenvalue weighted by molar-refractivity contribution is 5.62. The minimum Gasteiger partial charge on any atom is -0.497 e. The molecule has 0 bridgehead atoms. The molecule has 0 unspecified atom stereocenters. The summed E-state index contributed by atoms with van der Waals surface area (Å²) in [6.07, 6.45) is 0. The Kier molecular flexibility index (Phi) is 3.36. The van der Waals surface area contributed by atoms with Gasteiger partial charge >= 0.3 is 0 Å². The SMILES string of the molecule is COc1cccc(-c2noc(-c3cccc(C#N)c3)n2)c1. The number of rotatable bonds is 3. The first kappa shape index (κ1) is 12.9. The molecule has 0 spiro atoms. The van der Waals surface area contributed by atoms with Gasteiger partial charge in [-0.15, -0.1) is 0 Å². The van der Waals surface area contributed by atoms with Gasteiger partial charge in [-0.25, -0.2) is 0 Å². The first-order valence-electron chi connectivity index (χ1n) is 6.29. The van der Waals surface area contributed by atoms with Crippen LogP contribution in [-0.4, -0.2) is 17.3 Å². The van der Waals surface area contributed by atoms with Crippen LogP contribution in [0.5, 0.6) is 5.75 Å². The van der Waals surface area contributed by atoms with Crippen molar-refractivity contribution in [3.8, 4) is 34.7 Å². The predicted molar refractivity (Wildman–Crippen MR) is 76.4 cm³/mol. The topological polar surface area (TPSA) is 71.9 Å². The van der Waals surface area contributed by atoms with Crippen molar-refractivity contribution in [1.29, 1.82) is 5.26 Å². The van der Waals surface area contributed by atoms with Gasteiger partial charge in [0.25, 0.3) is 5.89 Å². The molecule has 5 nitrogen and oxygen atoms in total. The Bertz CT molecular complexity index is 818. The second kappa shape index (κ2) is 5.47. The highest BCUT2D eigenvalue weighted by atomic mass is 16.5. The van der Waals surface area contributed by atoms with E-state index in [4.69, 9.17) is 14.5 Å². The summed E-state index contributed by atoms with van der Waals surface area (Å²) in [6.45, 7) is 0. The predicted octanol–water partition coefficient (Wildman–Crippen LogP) is 3.28. The van der Waals surface area contributed by atoms with Crippen molar-refractivity contribution in [2.75, 3.05) is 7.11 Å². The molecule has 1 aromatic heterocycles. The number of benzene rings is 2. The molecule has 102 valence electrons. The van der Waals surface area contributed by atoms with Crippen LogP contribution in [0.25, 0.3) is 22.8 Å². The molecule has 0 aliphatic heterocycles. The smallest absolute Gasteiger partial charge is 0.258 e. The molecule has 0 saturated heterocycles. The van der Waals surface area contributed by atoms with E-state index < -0.39 is 0 Å². The van der Waals surface area contributed by atoms with E-state index in [1.807, 2.05) is 30.3 Å². The Morgan fingerprint density at radius 1 is 1.10 bits per heavy atom. The molecule has 1 heterocycles. The normalized spacial score (nSPS) is 10.1. The van der Waals surface area contributed by atoms with Crippen molar-refractivity contribution in [3.63, 3.8) is 0 Å². The van der Waals surface area contributed by atoms with Gasteiger partial charge in [-0.1, -0.05) is 23.4 Å². The van der Waals surface area contributed by atoms with Gasteiger partial charge in [0.05, 0.1) is 18.7 Å². The average Bonchev–Trinajstić information content (AvgIpc) is 3.05. The molecule has 0 aliphatic rings. The molecule has 0 amide bonds. The van der Waals surface area contributed by atoms with Gasteiger partial charge in [-0.2, -0.15) is 10.2 Å². The van der Waals surface area contributed by atoms with Gasteiger partial charge in [-0.3, -0.25) is 0 Å². The minimum absolute atomic E-state index is 0.380. The van der Waals surface area contributed by atoms with Crippen LogP contribution in [0.1, 0.15) is 5.56 Å². The highest BCUT2D eigenvalue weighted by Gasteiger charge is 2.11. The van der Waals surface area contributed by atoms with Gasteiger partial charge in [-0.05, 0) is 30.3 Å². The second-order valence-corrected chi connectivity index (χ2v) is 4.35. The quantitative estimate of drug-likeness (QED) is 0.734. The molecule has 0 radical (unpaired) electrons. The van der Waals surface area contributed by atoms with Gasteiger partial charge in [0.2, 0.25) is 5.82 Å². The van der Waals surface area contributed by atoms with Gasteiger partial charge in [0, 0.05) is 11.1 Å². The van der Waals surface area contributed by atoms with Crippen LogP contribution in [0.4, 0.5) is 0 Å². The van der Waals surface area contributed by atoms with Crippen molar-refractivity contribution in [1.82, 2.24) is 10.1 Å². The summed E-state index contributed by atoms with van der Waals surface area (Å²) in [5.41, 5.74) is 2.07. The maximum Gasteiger partial charge on any atom is 0.258 e. The Morgan fingerprint density at radius 3 is 2.71 bits per heavy atom. The second-order valence-electron chi connectivity index (χ2n) is 4.35. The molecule has 0 fully saturated rings. The zero-order chi connectivity index (χ0) is 14.7. The Labute approximate surface area is 121 Å². The molecule has 0 aliphatic carbocycles. The third-order valence-electron chi connectivity index (χ3n) is 2.99. The molecular weight excluding hydrogens is 266 g/mol. The molecular formula is C16H11N3O2. The lowest BCUT2D eigenvalue weighted by atomic mass is 10.1. The Hall–Kier alpha value is -3.13. The largest absolute Gasteiger partial charge is 0.497 e. The summed E-state index contributed by atoms with van der Waals surface area (Å²) in [5.74, 6) is 1.58. The van der Waals surface area contributed by atoms with Gasteiger partial charge < -0.3 is 9.26 Å². The lowest BCUT2D eigenvalue weighted by Gasteiger charge is -1.99. The molecule has 21 heavy (non-hydrogen) atoms. The number of methoxy groups -OCH3 is 1. The Balaban J connectivity index is 1.97. The van der Waals surface area contributed by atoms with Crippen LogP contribution in [0.15, 0.2) is 53.1 Å². The summed E-state index contributed by atoms with van der Waals surface area (Å²) in [5, 5.41) is 12.9. The molecule has 5 heteroatoms. The summed E-state index contributed by atoms with van der Waals surface area (Å²) in [6, 6.07) is 16.5. The van der Waals surface area contributed by atoms with E-state index in [0.717, 1.165) is 16.9 Å². The van der Waals surface area contributed by atoms with Crippen LogP contribution in [0.3, 0.4) is 0 Å². The first-order chi connectivity index (χ1) is 10.3. The third-order valence-corrected chi connectivity index (χ3v) is 2.99. The number of aromatic nitrogens is 2. The monoisotopic (exact) mass is 277 g/mol.